The van der Waals surface area contributed by atoms with Crippen molar-refractivity contribution in [2.24, 2.45) is 11.8 Å². The minimum atomic E-state index is -1.03. The number of nitrogens with zero attached hydrogens (tertiary/aromatic N) is 2. The van der Waals surface area contributed by atoms with E-state index in [0.717, 1.165) is 25.9 Å². The van der Waals surface area contributed by atoms with Crippen LogP contribution in [0.15, 0.2) is 0 Å². The molecule has 2 heterocycles. The third kappa shape index (κ3) is 3.24. The molecule has 0 radical (unpaired) electrons. The SMILES string of the molecule is CC1CCN(C(=O)C2CC(=O)N(CC(=O)O)C2)CC1. The lowest BCUT2D eigenvalue weighted by atomic mass is 9.97. The van der Waals surface area contributed by atoms with E-state index in [1.165, 1.54) is 4.90 Å². The number of rotatable bonds is 3. The van der Waals surface area contributed by atoms with Crippen molar-refractivity contribution in [3.05, 3.63) is 0 Å². The molecule has 2 fully saturated rings. The maximum Gasteiger partial charge on any atom is 0.323 e. The van der Waals surface area contributed by atoms with Gasteiger partial charge in [0.15, 0.2) is 0 Å². The van der Waals surface area contributed by atoms with Crippen molar-refractivity contribution in [1.82, 2.24) is 9.80 Å². The van der Waals surface area contributed by atoms with Crippen LogP contribution in [-0.2, 0) is 14.4 Å². The van der Waals surface area contributed by atoms with Gasteiger partial charge in [-0.2, -0.15) is 0 Å². The summed E-state index contributed by atoms with van der Waals surface area (Å²) in [7, 11) is 0. The molecule has 2 aliphatic rings. The van der Waals surface area contributed by atoms with Crippen LogP contribution in [-0.4, -0.2) is 58.9 Å². The Bertz CT molecular complexity index is 388. The van der Waals surface area contributed by atoms with E-state index in [9.17, 15) is 14.4 Å². The molecule has 19 heavy (non-hydrogen) atoms. The second-order valence-electron chi connectivity index (χ2n) is 5.58. The second kappa shape index (κ2) is 5.59. The van der Waals surface area contributed by atoms with E-state index in [4.69, 9.17) is 5.11 Å². The number of amides is 2. The second-order valence-corrected chi connectivity index (χ2v) is 5.58. The van der Waals surface area contributed by atoms with Crippen LogP contribution in [0.3, 0.4) is 0 Å². The molecule has 2 amide bonds. The summed E-state index contributed by atoms with van der Waals surface area (Å²) >= 11 is 0. The molecule has 0 aromatic rings. The predicted molar refractivity (Wildman–Crippen MR) is 67.3 cm³/mol. The molecule has 0 bridgehead atoms. The highest BCUT2D eigenvalue weighted by Crippen LogP contribution is 2.23. The molecule has 1 atom stereocenters. The number of likely N-dealkylation sites (tertiary alicyclic amines) is 2. The lowest BCUT2D eigenvalue weighted by Crippen LogP contribution is -2.42. The molecular weight excluding hydrogens is 248 g/mol. The molecule has 0 aromatic carbocycles. The number of hydrogen-bond acceptors (Lipinski definition) is 3. The Morgan fingerprint density at radius 2 is 1.95 bits per heavy atom. The van der Waals surface area contributed by atoms with Crippen LogP contribution < -0.4 is 0 Å². The van der Waals surface area contributed by atoms with Crippen molar-refractivity contribution >= 4 is 17.8 Å². The summed E-state index contributed by atoms with van der Waals surface area (Å²) in [5.41, 5.74) is 0. The third-order valence-corrected chi connectivity index (χ3v) is 3.99. The maximum absolute atomic E-state index is 12.3. The summed E-state index contributed by atoms with van der Waals surface area (Å²) < 4.78 is 0. The predicted octanol–water partition coefficient (Wildman–Crippen LogP) is 0.178. The first-order valence-electron chi connectivity index (χ1n) is 6.75. The van der Waals surface area contributed by atoms with Gasteiger partial charge < -0.3 is 14.9 Å². The van der Waals surface area contributed by atoms with E-state index in [1.54, 1.807) is 0 Å². The molecule has 2 rings (SSSR count). The Labute approximate surface area is 112 Å². The van der Waals surface area contributed by atoms with Gasteiger partial charge in [-0.1, -0.05) is 6.92 Å². The van der Waals surface area contributed by atoms with Crippen molar-refractivity contribution in [2.75, 3.05) is 26.2 Å². The number of aliphatic carboxylic acids is 1. The van der Waals surface area contributed by atoms with Crippen molar-refractivity contribution in [3.63, 3.8) is 0 Å². The van der Waals surface area contributed by atoms with E-state index in [-0.39, 0.29) is 37.2 Å². The zero-order valence-electron chi connectivity index (χ0n) is 11.2. The topological polar surface area (TPSA) is 77.9 Å². The van der Waals surface area contributed by atoms with Gasteiger partial charge in [0.1, 0.15) is 6.54 Å². The Hall–Kier alpha value is -1.59. The molecule has 0 aromatic heterocycles. The van der Waals surface area contributed by atoms with Crippen molar-refractivity contribution < 1.29 is 19.5 Å². The van der Waals surface area contributed by atoms with E-state index in [0.29, 0.717) is 5.92 Å². The molecule has 1 N–H and O–H groups in total. The third-order valence-electron chi connectivity index (χ3n) is 3.99. The minimum Gasteiger partial charge on any atom is -0.480 e. The van der Waals surface area contributed by atoms with Crippen LogP contribution in [0.25, 0.3) is 0 Å². The quantitative estimate of drug-likeness (QED) is 0.792. The van der Waals surface area contributed by atoms with Crippen molar-refractivity contribution in [2.45, 2.75) is 26.2 Å². The normalized spacial score (nSPS) is 24.9. The maximum atomic E-state index is 12.3. The van der Waals surface area contributed by atoms with Crippen LogP contribution >= 0.6 is 0 Å². The average Bonchev–Trinajstić information content (AvgIpc) is 2.70. The van der Waals surface area contributed by atoms with Gasteiger partial charge in [-0.15, -0.1) is 0 Å². The fraction of sp³-hybridized carbons (Fsp3) is 0.769. The average molecular weight is 268 g/mol. The summed E-state index contributed by atoms with van der Waals surface area (Å²) in [5.74, 6) is -0.967. The highest BCUT2D eigenvalue weighted by molar-refractivity contribution is 5.90. The number of carbonyl (C=O) groups excluding carboxylic acids is 2. The van der Waals surface area contributed by atoms with Gasteiger partial charge in [0.2, 0.25) is 11.8 Å². The smallest absolute Gasteiger partial charge is 0.323 e. The Morgan fingerprint density at radius 1 is 1.32 bits per heavy atom. The number of carboxylic acids is 1. The highest BCUT2D eigenvalue weighted by Gasteiger charge is 2.37. The summed E-state index contributed by atoms with van der Waals surface area (Å²) in [6.07, 6.45) is 2.16. The molecule has 0 saturated carbocycles. The van der Waals surface area contributed by atoms with Crippen LogP contribution in [0.2, 0.25) is 0 Å². The Morgan fingerprint density at radius 3 is 2.53 bits per heavy atom. The van der Waals surface area contributed by atoms with Gasteiger partial charge >= 0.3 is 5.97 Å². The van der Waals surface area contributed by atoms with Gasteiger partial charge in [-0.25, -0.2) is 0 Å². The van der Waals surface area contributed by atoms with Gasteiger partial charge in [0.25, 0.3) is 0 Å². The number of carbonyl (C=O) groups is 3. The molecule has 1 unspecified atom stereocenters. The van der Waals surface area contributed by atoms with Crippen LogP contribution in [0, 0.1) is 11.8 Å². The van der Waals surface area contributed by atoms with Crippen LogP contribution in [0.5, 0.6) is 0 Å². The van der Waals surface area contributed by atoms with E-state index in [1.807, 2.05) is 4.90 Å². The molecule has 6 heteroatoms. The van der Waals surface area contributed by atoms with E-state index in [2.05, 4.69) is 6.92 Å². The van der Waals surface area contributed by atoms with Crippen molar-refractivity contribution in [1.29, 1.82) is 0 Å². The first-order chi connectivity index (χ1) is 8.97. The number of carboxylic acid groups (broad SMARTS) is 1. The molecular formula is C13H20N2O4. The number of hydrogen-bond donors (Lipinski definition) is 1. The summed E-state index contributed by atoms with van der Waals surface area (Å²) in [6, 6.07) is 0. The largest absolute Gasteiger partial charge is 0.480 e. The molecule has 0 spiro atoms. The van der Waals surface area contributed by atoms with Crippen LogP contribution in [0.4, 0.5) is 0 Å². The fourth-order valence-corrected chi connectivity index (χ4v) is 2.74. The standard InChI is InChI=1S/C13H20N2O4/c1-9-2-4-14(5-3-9)13(19)10-6-11(16)15(7-10)8-12(17)18/h9-10H,2-8H2,1H3,(H,17,18). The van der Waals surface area contributed by atoms with E-state index < -0.39 is 5.97 Å². The zero-order chi connectivity index (χ0) is 14.0. The molecule has 6 nitrogen and oxygen atoms in total. The lowest BCUT2D eigenvalue weighted by molar-refractivity contribution is -0.142. The molecule has 0 aliphatic carbocycles. The molecule has 2 aliphatic heterocycles. The fourth-order valence-electron chi connectivity index (χ4n) is 2.74. The molecule has 2 saturated heterocycles. The lowest BCUT2D eigenvalue weighted by Gasteiger charge is -2.32. The first-order valence-corrected chi connectivity index (χ1v) is 6.75. The van der Waals surface area contributed by atoms with Crippen molar-refractivity contribution in [3.8, 4) is 0 Å². The Balaban J connectivity index is 1.90. The first kappa shape index (κ1) is 13.8. The van der Waals surface area contributed by atoms with Crippen LogP contribution in [0.1, 0.15) is 26.2 Å². The van der Waals surface area contributed by atoms with Gasteiger partial charge in [-0.05, 0) is 18.8 Å². The molecule has 106 valence electrons. The summed E-state index contributed by atoms with van der Waals surface area (Å²) in [6.45, 7) is 3.62. The van der Waals surface area contributed by atoms with E-state index >= 15 is 0 Å². The summed E-state index contributed by atoms with van der Waals surface area (Å²) in [5, 5.41) is 8.71. The van der Waals surface area contributed by atoms with Gasteiger partial charge in [-0.3, -0.25) is 14.4 Å². The minimum absolute atomic E-state index is 0.00754. The number of piperidine rings is 1. The monoisotopic (exact) mass is 268 g/mol. The summed E-state index contributed by atoms with van der Waals surface area (Å²) in [4.78, 5) is 37.6. The zero-order valence-corrected chi connectivity index (χ0v) is 11.2. The highest BCUT2D eigenvalue weighted by atomic mass is 16.4. The Kier molecular flexibility index (Phi) is 4.07. The van der Waals surface area contributed by atoms with Gasteiger partial charge in [0.05, 0.1) is 5.92 Å². The van der Waals surface area contributed by atoms with Gasteiger partial charge in [0, 0.05) is 26.1 Å².